The highest BCUT2D eigenvalue weighted by molar-refractivity contribution is 5.42. The summed E-state index contributed by atoms with van der Waals surface area (Å²) < 4.78 is 2.09. The Labute approximate surface area is 128 Å². The standard InChI is InChI=1S/C18H27N3/c1-13(2)19-12-8-10-17-15(4)20-21(16(17)5)18-11-7-6-9-14(18)3/h6-7,9,11,13,19H,8,10,12H2,1-5H3. The second-order valence-corrected chi connectivity index (χ2v) is 6.06. The zero-order valence-corrected chi connectivity index (χ0v) is 13.9. The highest BCUT2D eigenvalue weighted by Gasteiger charge is 2.13. The van der Waals surface area contributed by atoms with Crippen molar-refractivity contribution < 1.29 is 0 Å². The van der Waals surface area contributed by atoms with Crippen molar-refractivity contribution in [2.45, 2.75) is 53.5 Å². The number of aryl methyl sites for hydroxylation is 2. The minimum atomic E-state index is 0.557. The van der Waals surface area contributed by atoms with Crippen LogP contribution in [-0.4, -0.2) is 22.4 Å². The molecule has 0 saturated heterocycles. The summed E-state index contributed by atoms with van der Waals surface area (Å²) in [7, 11) is 0. The second-order valence-electron chi connectivity index (χ2n) is 6.06. The lowest BCUT2D eigenvalue weighted by atomic mass is 10.1. The molecular formula is C18H27N3. The Morgan fingerprint density at radius 1 is 1.14 bits per heavy atom. The molecule has 0 radical (unpaired) electrons. The van der Waals surface area contributed by atoms with Crippen molar-refractivity contribution in [1.29, 1.82) is 0 Å². The van der Waals surface area contributed by atoms with Gasteiger partial charge in [-0.15, -0.1) is 0 Å². The van der Waals surface area contributed by atoms with Crippen molar-refractivity contribution in [3.8, 4) is 5.69 Å². The summed E-state index contributed by atoms with van der Waals surface area (Å²) in [5.41, 5.74) is 6.26. The minimum absolute atomic E-state index is 0.557. The molecule has 0 aliphatic heterocycles. The predicted octanol–water partition coefficient (Wildman–Crippen LogP) is 3.73. The normalized spacial score (nSPS) is 11.3. The zero-order chi connectivity index (χ0) is 15.4. The van der Waals surface area contributed by atoms with Crippen LogP contribution in [0, 0.1) is 20.8 Å². The summed E-state index contributed by atoms with van der Waals surface area (Å²) in [4.78, 5) is 0. The van der Waals surface area contributed by atoms with E-state index in [9.17, 15) is 0 Å². The van der Waals surface area contributed by atoms with E-state index in [1.165, 1.54) is 22.5 Å². The molecule has 0 aliphatic carbocycles. The van der Waals surface area contributed by atoms with Crippen LogP contribution in [-0.2, 0) is 6.42 Å². The molecule has 1 heterocycles. The van der Waals surface area contributed by atoms with Crippen LogP contribution in [0.25, 0.3) is 5.69 Å². The van der Waals surface area contributed by atoms with Gasteiger partial charge in [-0.25, -0.2) is 4.68 Å². The van der Waals surface area contributed by atoms with E-state index in [-0.39, 0.29) is 0 Å². The minimum Gasteiger partial charge on any atom is -0.315 e. The topological polar surface area (TPSA) is 29.9 Å². The van der Waals surface area contributed by atoms with Crippen molar-refractivity contribution in [2.24, 2.45) is 0 Å². The van der Waals surface area contributed by atoms with E-state index in [1.54, 1.807) is 0 Å². The van der Waals surface area contributed by atoms with E-state index >= 15 is 0 Å². The number of nitrogens with zero attached hydrogens (tertiary/aromatic N) is 2. The largest absolute Gasteiger partial charge is 0.315 e. The molecule has 2 aromatic rings. The Morgan fingerprint density at radius 2 is 1.86 bits per heavy atom. The van der Waals surface area contributed by atoms with E-state index in [2.05, 4.69) is 68.9 Å². The Morgan fingerprint density at radius 3 is 2.52 bits per heavy atom. The monoisotopic (exact) mass is 285 g/mol. The van der Waals surface area contributed by atoms with Crippen LogP contribution in [0.3, 0.4) is 0 Å². The maximum Gasteiger partial charge on any atom is 0.0678 e. The van der Waals surface area contributed by atoms with Gasteiger partial charge < -0.3 is 5.32 Å². The van der Waals surface area contributed by atoms with Gasteiger partial charge in [0, 0.05) is 11.7 Å². The predicted molar refractivity (Wildman–Crippen MR) is 89.2 cm³/mol. The fourth-order valence-corrected chi connectivity index (χ4v) is 2.73. The Balaban J connectivity index is 2.16. The third-order valence-corrected chi connectivity index (χ3v) is 3.94. The Bertz CT molecular complexity index is 597. The van der Waals surface area contributed by atoms with Gasteiger partial charge in [-0.1, -0.05) is 32.0 Å². The summed E-state index contributed by atoms with van der Waals surface area (Å²) in [6.45, 7) is 11.9. The van der Waals surface area contributed by atoms with Crippen molar-refractivity contribution in [1.82, 2.24) is 15.1 Å². The second kappa shape index (κ2) is 6.90. The number of rotatable bonds is 6. The molecule has 0 saturated carbocycles. The van der Waals surface area contributed by atoms with Crippen molar-refractivity contribution in [3.63, 3.8) is 0 Å². The van der Waals surface area contributed by atoms with E-state index < -0.39 is 0 Å². The van der Waals surface area contributed by atoms with Gasteiger partial charge in [-0.3, -0.25) is 0 Å². The number of para-hydroxylation sites is 1. The molecule has 0 amide bonds. The van der Waals surface area contributed by atoms with E-state index in [1.807, 2.05) is 0 Å². The molecule has 0 unspecified atom stereocenters. The number of aromatic nitrogens is 2. The van der Waals surface area contributed by atoms with Crippen LogP contribution >= 0.6 is 0 Å². The average molecular weight is 285 g/mol. The van der Waals surface area contributed by atoms with Crippen LogP contribution < -0.4 is 5.32 Å². The summed E-state index contributed by atoms with van der Waals surface area (Å²) in [6, 6.07) is 8.98. The zero-order valence-electron chi connectivity index (χ0n) is 13.9. The van der Waals surface area contributed by atoms with Crippen molar-refractivity contribution >= 4 is 0 Å². The third-order valence-electron chi connectivity index (χ3n) is 3.94. The molecule has 21 heavy (non-hydrogen) atoms. The van der Waals surface area contributed by atoms with Gasteiger partial charge in [0.25, 0.3) is 0 Å². The van der Waals surface area contributed by atoms with Gasteiger partial charge in [0.15, 0.2) is 0 Å². The van der Waals surface area contributed by atoms with Gasteiger partial charge in [0.2, 0.25) is 0 Å². The Hall–Kier alpha value is -1.61. The first-order valence-corrected chi connectivity index (χ1v) is 7.85. The maximum atomic E-state index is 4.75. The van der Waals surface area contributed by atoms with E-state index in [4.69, 9.17) is 5.10 Å². The summed E-state index contributed by atoms with van der Waals surface area (Å²) in [6.07, 6.45) is 2.24. The third kappa shape index (κ3) is 3.73. The van der Waals surface area contributed by atoms with Crippen LogP contribution in [0.1, 0.15) is 42.8 Å². The first-order chi connectivity index (χ1) is 10.0. The van der Waals surface area contributed by atoms with E-state index in [0.717, 1.165) is 25.1 Å². The summed E-state index contributed by atoms with van der Waals surface area (Å²) >= 11 is 0. The number of hydrogen-bond donors (Lipinski definition) is 1. The quantitative estimate of drug-likeness (QED) is 0.820. The van der Waals surface area contributed by atoms with Crippen molar-refractivity contribution in [2.75, 3.05) is 6.54 Å². The highest BCUT2D eigenvalue weighted by atomic mass is 15.3. The van der Waals surface area contributed by atoms with Crippen LogP contribution in [0.4, 0.5) is 0 Å². The van der Waals surface area contributed by atoms with Gasteiger partial charge in [-0.2, -0.15) is 5.10 Å². The molecule has 1 aromatic heterocycles. The fourth-order valence-electron chi connectivity index (χ4n) is 2.73. The molecule has 1 N–H and O–H groups in total. The van der Waals surface area contributed by atoms with Crippen LogP contribution in [0.15, 0.2) is 24.3 Å². The van der Waals surface area contributed by atoms with Crippen LogP contribution in [0.2, 0.25) is 0 Å². The molecule has 0 aliphatic rings. The number of benzene rings is 1. The van der Waals surface area contributed by atoms with Gasteiger partial charge in [0.1, 0.15) is 0 Å². The molecule has 114 valence electrons. The lowest BCUT2D eigenvalue weighted by Crippen LogP contribution is -2.24. The van der Waals surface area contributed by atoms with Gasteiger partial charge in [-0.05, 0) is 57.4 Å². The lowest BCUT2D eigenvalue weighted by Gasteiger charge is -2.09. The number of nitrogens with one attached hydrogen (secondary N) is 1. The molecule has 0 fully saturated rings. The van der Waals surface area contributed by atoms with Gasteiger partial charge in [0.05, 0.1) is 11.4 Å². The molecule has 1 aromatic carbocycles. The molecule has 0 bridgehead atoms. The van der Waals surface area contributed by atoms with Gasteiger partial charge >= 0.3 is 0 Å². The number of hydrogen-bond acceptors (Lipinski definition) is 2. The fraction of sp³-hybridized carbons (Fsp3) is 0.500. The molecule has 0 spiro atoms. The average Bonchev–Trinajstić information content (AvgIpc) is 2.71. The first-order valence-electron chi connectivity index (χ1n) is 7.85. The SMILES string of the molecule is Cc1ccccc1-n1nc(C)c(CCCNC(C)C)c1C. The Kier molecular flexibility index (Phi) is 5.18. The lowest BCUT2D eigenvalue weighted by molar-refractivity contribution is 0.570. The molecular weight excluding hydrogens is 258 g/mol. The summed E-state index contributed by atoms with van der Waals surface area (Å²) in [5.74, 6) is 0. The smallest absolute Gasteiger partial charge is 0.0678 e. The van der Waals surface area contributed by atoms with Crippen LogP contribution in [0.5, 0.6) is 0 Å². The highest BCUT2D eigenvalue weighted by Crippen LogP contribution is 2.21. The maximum absolute atomic E-state index is 4.75. The van der Waals surface area contributed by atoms with E-state index in [0.29, 0.717) is 6.04 Å². The molecule has 0 atom stereocenters. The van der Waals surface area contributed by atoms with Crippen molar-refractivity contribution in [3.05, 3.63) is 46.8 Å². The first kappa shape index (κ1) is 15.8. The molecule has 2 rings (SSSR count). The molecule has 3 nitrogen and oxygen atoms in total. The summed E-state index contributed by atoms with van der Waals surface area (Å²) in [5, 5.41) is 8.23. The molecule has 3 heteroatoms.